The summed E-state index contributed by atoms with van der Waals surface area (Å²) in [4.78, 5) is 11.2. The quantitative estimate of drug-likeness (QED) is 0.271. The van der Waals surface area contributed by atoms with E-state index in [2.05, 4.69) is 39.5 Å². The van der Waals surface area contributed by atoms with Crippen LogP contribution in [0.2, 0.25) is 0 Å². The van der Waals surface area contributed by atoms with Gasteiger partial charge in [0.1, 0.15) is 5.76 Å². The lowest BCUT2D eigenvalue weighted by Gasteiger charge is -2.02. The fourth-order valence-electron chi connectivity index (χ4n) is 0.537. The van der Waals surface area contributed by atoms with Crippen LogP contribution >= 0.6 is 0 Å². The Hall–Kier alpha value is -2.35. The van der Waals surface area contributed by atoms with E-state index in [-0.39, 0.29) is 11.3 Å². The van der Waals surface area contributed by atoms with E-state index in [1.807, 2.05) is 27.7 Å². The number of allylic oxidation sites excluding steroid dienone is 5. The van der Waals surface area contributed by atoms with Crippen LogP contribution in [0.4, 0.5) is 0 Å². The highest BCUT2D eigenvalue weighted by Gasteiger charge is 2.05. The van der Waals surface area contributed by atoms with Crippen LogP contribution in [0.5, 0.6) is 0 Å². The van der Waals surface area contributed by atoms with Crippen molar-refractivity contribution in [1.29, 1.82) is 0 Å². The summed E-state index contributed by atoms with van der Waals surface area (Å²) in [5.74, 6) is -0.327. The summed E-state index contributed by atoms with van der Waals surface area (Å²) in [7, 11) is 0. The van der Waals surface area contributed by atoms with E-state index in [1.165, 1.54) is 6.08 Å². The maximum absolute atomic E-state index is 11.2. The molecule has 2 heteroatoms. The zero-order chi connectivity index (χ0) is 17.4. The second-order valence-corrected chi connectivity index (χ2v) is 3.82. The number of hydrogen-bond donors (Lipinski definition) is 0. The number of carbonyl (C=O) groups excluding carboxylic acids is 1. The molecule has 0 radical (unpaired) electrons. The first-order chi connectivity index (χ1) is 9.74. The summed E-state index contributed by atoms with van der Waals surface area (Å²) in [5.41, 5.74) is 2.10. The van der Waals surface area contributed by atoms with E-state index < -0.39 is 5.97 Å². The first kappa shape index (κ1) is 23.7. The van der Waals surface area contributed by atoms with Crippen molar-refractivity contribution in [2.75, 3.05) is 0 Å². The fraction of sp³-hybridized carbons (Fsp3) is 0.211. The number of ether oxygens (including phenoxy) is 1. The molecule has 116 valence electrons. The van der Waals surface area contributed by atoms with Crippen molar-refractivity contribution in [3.63, 3.8) is 0 Å². The molecule has 0 spiro atoms. The average molecular weight is 288 g/mol. The molecule has 0 rings (SSSR count). The van der Waals surface area contributed by atoms with Gasteiger partial charge in [0.2, 0.25) is 0 Å². The molecule has 0 amide bonds. The van der Waals surface area contributed by atoms with Gasteiger partial charge in [-0.3, -0.25) is 0 Å². The van der Waals surface area contributed by atoms with Gasteiger partial charge in [0.05, 0.1) is 5.57 Å². The van der Waals surface area contributed by atoms with E-state index in [1.54, 1.807) is 18.2 Å². The van der Waals surface area contributed by atoms with Crippen molar-refractivity contribution in [3.8, 4) is 0 Å². The lowest BCUT2D eigenvalue weighted by molar-refractivity contribution is -0.134. The van der Waals surface area contributed by atoms with Gasteiger partial charge in [0, 0.05) is 0 Å². The standard InChI is InChI=1S/C12H14O2.C5H8.C2H6/c1-6-11(5)14-12(13)10(4)8-7-9(2)3;1-4-5(2)3;1-2/h6-8H,1-2,4-5H2,3H3;4H,1-2H2,3H3;1-2H3/b8-7-;;. The summed E-state index contributed by atoms with van der Waals surface area (Å²) in [6.45, 7) is 28.8. The van der Waals surface area contributed by atoms with Gasteiger partial charge in [-0.15, -0.1) is 0 Å². The molecule has 2 nitrogen and oxygen atoms in total. The van der Waals surface area contributed by atoms with Crippen LogP contribution in [0.1, 0.15) is 27.7 Å². The molecule has 0 saturated carbocycles. The number of esters is 1. The minimum Gasteiger partial charge on any atom is -0.424 e. The summed E-state index contributed by atoms with van der Waals surface area (Å²) >= 11 is 0. The Balaban J connectivity index is -0.000000389. The summed E-state index contributed by atoms with van der Waals surface area (Å²) in [6.07, 6.45) is 6.30. The summed E-state index contributed by atoms with van der Waals surface area (Å²) in [6, 6.07) is 0. The number of rotatable bonds is 6. The Bertz CT molecular complexity index is 434. The van der Waals surface area contributed by atoms with Gasteiger partial charge in [0.15, 0.2) is 0 Å². The highest BCUT2D eigenvalue weighted by atomic mass is 16.5. The Kier molecular flexibility index (Phi) is 17.7. The predicted octanol–water partition coefficient (Wildman–Crippen LogP) is 5.69. The van der Waals surface area contributed by atoms with E-state index in [9.17, 15) is 4.79 Å². The molecule has 0 aromatic carbocycles. The lowest BCUT2D eigenvalue weighted by Crippen LogP contribution is -2.03. The topological polar surface area (TPSA) is 26.3 Å². The molecular formula is C19H28O2. The molecule has 0 unspecified atom stereocenters. The normalized spacial score (nSPS) is 8.19. The molecule has 0 bridgehead atoms. The molecule has 0 aromatic heterocycles. The Morgan fingerprint density at radius 2 is 1.29 bits per heavy atom. The molecule has 0 aromatic rings. The molecule has 0 heterocycles. The minimum atomic E-state index is -0.535. The van der Waals surface area contributed by atoms with Crippen LogP contribution in [0.15, 0.2) is 86.3 Å². The first-order valence-corrected chi connectivity index (χ1v) is 6.58. The average Bonchev–Trinajstić information content (AvgIpc) is 2.46. The SMILES string of the molecule is C=CC(=C)C.C=CC(=C)OC(=O)C(=C)/C=C\C(=C)C.CC. The van der Waals surface area contributed by atoms with Crippen LogP contribution in [0.3, 0.4) is 0 Å². The van der Waals surface area contributed by atoms with Gasteiger partial charge in [-0.25, -0.2) is 4.79 Å². The fourth-order valence-corrected chi connectivity index (χ4v) is 0.537. The number of hydrogen-bond acceptors (Lipinski definition) is 2. The predicted molar refractivity (Wildman–Crippen MR) is 94.9 cm³/mol. The molecule has 0 aliphatic rings. The highest BCUT2D eigenvalue weighted by molar-refractivity contribution is 5.91. The van der Waals surface area contributed by atoms with Crippen LogP contribution in [0, 0.1) is 0 Å². The van der Waals surface area contributed by atoms with Gasteiger partial charge < -0.3 is 4.74 Å². The van der Waals surface area contributed by atoms with Crippen molar-refractivity contribution in [2.24, 2.45) is 0 Å². The van der Waals surface area contributed by atoms with Crippen molar-refractivity contribution < 1.29 is 9.53 Å². The van der Waals surface area contributed by atoms with Gasteiger partial charge in [-0.05, 0) is 26.0 Å². The minimum absolute atomic E-state index is 0.208. The zero-order valence-corrected chi connectivity index (χ0v) is 13.9. The second kappa shape index (κ2) is 15.7. The van der Waals surface area contributed by atoms with Gasteiger partial charge in [-0.2, -0.15) is 0 Å². The summed E-state index contributed by atoms with van der Waals surface area (Å²) in [5, 5.41) is 0. The maximum Gasteiger partial charge on any atom is 0.342 e. The van der Waals surface area contributed by atoms with Crippen LogP contribution in [-0.2, 0) is 9.53 Å². The lowest BCUT2D eigenvalue weighted by atomic mass is 10.2. The monoisotopic (exact) mass is 288 g/mol. The third-order valence-electron chi connectivity index (χ3n) is 1.63. The van der Waals surface area contributed by atoms with Gasteiger partial charge >= 0.3 is 5.97 Å². The van der Waals surface area contributed by atoms with Gasteiger partial charge in [-0.1, -0.05) is 76.6 Å². The van der Waals surface area contributed by atoms with Crippen molar-refractivity contribution in [3.05, 3.63) is 86.3 Å². The second-order valence-electron chi connectivity index (χ2n) is 3.82. The van der Waals surface area contributed by atoms with Gasteiger partial charge in [0.25, 0.3) is 0 Å². The Morgan fingerprint density at radius 3 is 1.57 bits per heavy atom. The van der Waals surface area contributed by atoms with Crippen molar-refractivity contribution in [1.82, 2.24) is 0 Å². The Labute approximate surface area is 130 Å². The zero-order valence-electron chi connectivity index (χ0n) is 13.9. The molecular weight excluding hydrogens is 260 g/mol. The smallest absolute Gasteiger partial charge is 0.342 e. The molecule has 0 aliphatic heterocycles. The van der Waals surface area contributed by atoms with Crippen molar-refractivity contribution >= 4 is 5.97 Å². The molecule has 0 fully saturated rings. The van der Waals surface area contributed by atoms with Crippen LogP contribution in [0.25, 0.3) is 0 Å². The molecule has 0 saturated heterocycles. The highest BCUT2D eigenvalue weighted by Crippen LogP contribution is 2.04. The molecule has 21 heavy (non-hydrogen) atoms. The Morgan fingerprint density at radius 1 is 0.857 bits per heavy atom. The molecule has 0 atom stereocenters. The maximum atomic E-state index is 11.2. The third-order valence-corrected chi connectivity index (χ3v) is 1.63. The van der Waals surface area contributed by atoms with Crippen molar-refractivity contribution in [2.45, 2.75) is 27.7 Å². The summed E-state index contributed by atoms with van der Waals surface area (Å²) < 4.78 is 4.76. The van der Waals surface area contributed by atoms with E-state index >= 15 is 0 Å². The van der Waals surface area contributed by atoms with Crippen LogP contribution < -0.4 is 0 Å². The van der Waals surface area contributed by atoms with E-state index in [0.29, 0.717) is 0 Å². The number of carbonyl (C=O) groups is 1. The third kappa shape index (κ3) is 20.1. The largest absolute Gasteiger partial charge is 0.424 e. The first-order valence-electron chi connectivity index (χ1n) is 6.58. The van der Waals surface area contributed by atoms with E-state index in [0.717, 1.165) is 11.1 Å². The molecule has 0 aliphatic carbocycles. The van der Waals surface area contributed by atoms with Crippen LogP contribution in [-0.4, -0.2) is 5.97 Å². The molecule has 0 N–H and O–H groups in total. The van der Waals surface area contributed by atoms with E-state index in [4.69, 9.17) is 4.74 Å².